The summed E-state index contributed by atoms with van der Waals surface area (Å²) in [5.41, 5.74) is 2.76. The van der Waals surface area contributed by atoms with Crippen molar-refractivity contribution in [3.8, 4) is 11.8 Å². The van der Waals surface area contributed by atoms with E-state index in [9.17, 15) is 10.1 Å². The summed E-state index contributed by atoms with van der Waals surface area (Å²) in [5.74, 6) is -0.232. The molecule has 156 valence electrons. The first-order chi connectivity index (χ1) is 14.9. The Kier molecular flexibility index (Phi) is 7.59. The lowest BCUT2D eigenvalue weighted by Crippen LogP contribution is -2.13. The molecular weight excluding hydrogens is 455 g/mol. The molecule has 0 aliphatic rings. The largest absolute Gasteiger partial charge is 0.487 e. The zero-order chi connectivity index (χ0) is 22.4. The zero-order valence-corrected chi connectivity index (χ0v) is 18.7. The smallest absolute Gasteiger partial charge is 0.266 e. The Morgan fingerprint density at radius 2 is 1.81 bits per heavy atom. The van der Waals surface area contributed by atoms with Gasteiger partial charge >= 0.3 is 0 Å². The fourth-order valence-electron chi connectivity index (χ4n) is 2.80. The van der Waals surface area contributed by atoms with Crippen LogP contribution in [0.3, 0.4) is 0 Å². The number of carbonyl (C=O) groups is 1. The van der Waals surface area contributed by atoms with Gasteiger partial charge in [-0.15, -0.1) is 0 Å². The second-order valence-electron chi connectivity index (χ2n) is 6.71. The molecule has 0 aliphatic carbocycles. The quantitative estimate of drug-likeness (QED) is 0.308. The Bertz CT molecular complexity index is 1180. The van der Waals surface area contributed by atoms with Gasteiger partial charge in [-0.3, -0.25) is 4.79 Å². The van der Waals surface area contributed by atoms with Crippen LogP contribution < -0.4 is 10.1 Å². The Hall–Kier alpha value is -2.97. The summed E-state index contributed by atoms with van der Waals surface area (Å²) in [6, 6.07) is 19.5. The van der Waals surface area contributed by atoms with Crippen molar-refractivity contribution in [3.63, 3.8) is 0 Å². The summed E-state index contributed by atoms with van der Waals surface area (Å²) < 4.78 is 5.89. The van der Waals surface area contributed by atoms with E-state index in [2.05, 4.69) is 5.32 Å². The van der Waals surface area contributed by atoms with E-state index in [-0.39, 0.29) is 17.2 Å². The van der Waals surface area contributed by atoms with Crippen LogP contribution in [-0.2, 0) is 11.4 Å². The maximum atomic E-state index is 12.6. The summed E-state index contributed by atoms with van der Waals surface area (Å²) in [6.45, 7) is 2.13. The highest BCUT2D eigenvalue weighted by atomic mass is 35.5. The van der Waals surface area contributed by atoms with Crippen LogP contribution in [0, 0.1) is 18.3 Å². The maximum absolute atomic E-state index is 12.6. The normalized spacial score (nSPS) is 11.0. The van der Waals surface area contributed by atoms with Crippen LogP contribution in [0.2, 0.25) is 15.1 Å². The zero-order valence-electron chi connectivity index (χ0n) is 16.5. The number of nitrogens with zero attached hydrogens (tertiary/aromatic N) is 1. The monoisotopic (exact) mass is 470 g/mol. The molecule has 3 aromatic rings. The predicted octanol–water partition coefficient (Wildman–Crippen LogP) is 7.08. The highest BCUT2D eigenvalue weighted by molar-refractivity contribution is 6.36. The molecule has 1 amide bonds. The average molecular weight is 472 g/mol. The van der Waals surface area contributed by atoms with Crippen LogP contribution in [0.15, 0.2) is 66.2 Å². The predicted molar refractivity (Wildman–Crippen MR) is 126 cm³/mol. The third kappa shape index (κ3) is 6.26. The number of hydrogen-bond acceptors (Lipinski definition) is 3. The Morgan fingerprint density at radius 1 is 1.06 bits per heavy atom. The van der Waals surface area contributed by atoms with Gasteiger partial charge in [0.15, 0.2) is 0 Å². The number of rotatable bonds is 6. The Balaban J connectivity index is 1.88. The number of aryl methyl sites for hydroxylation is 1. The van der Waals surface area contributed by atoms with E-state index in [4.69, 9.17) is 39.5 Å². The van der Waals surface area contributed by atoms with Crippen molar-refractivity contribution in [1.29, 1.82) is 5.26 Å². The lowest BCUT2D eigenvalue weighted by atomic mass is 10.1. The van der Waals surface area contributed by atoms with Crippen LogP contribution >= 0.6 is 34.8 Å². The molecular formula is C24H17Cl3N2O2. The van der Waals surface area contributed by atoms with E-state index in [0.717, 1.165) is 11.1 Å². The highest BCUT2D eigenvalue weighted by Crippen LogP contribution is 2.34. The van der Waals surface area contributed by atoms with Crippen molar-refractivity contribution in [2.24, 2.45) is 0 Å². The summed E-state index contributed by atoms with van der Waals surface area (Å²) >= 11 is 18.4. The van der Waals surface area contributed by atoms with E-state index in [0.29, 0.717) is 27.0 Å². The number of nitriles is 1. The SMILES string of the molecule is Cc1cccc(NC(=O)/C(C#N)=C/c2cc(Cl)cc(Cl)c2OCc2ccc(Cl)cc2)c1. The third-order valence-corrected chi connectivity index (χ3v) is 5.03. The minimum Gasteiger partial charge on any atom is -0.487 e. The van der Waals surface area contributed by atoms with Crippen LogP contribution in [0.1, 0.15) is 16.7 Å². The highest BCUT2D eigenvalue weighted by Gasteiger charge is 2.15. The number of ether oxygens (including phenoxy) is 1. The van der Waals surface area contributed by atoms with Gasteiger partial charge in [0.05, 0.1) is 5.02 Å². The second-order valence-corrected chi connectivity index (χ2v) is 7.99. The van der Waals surface area contributed by atoms with Gasteiger partial charge in [0.1, 0.15) is 24.0 Å². The fraction of sp³-hybridized carbons (Fsp3) is 0.0833. The molecule has 0 bridgehead atoms. The first-order valence-corrected chi connectivity index (χ1v) is 10.3. The third-order valence-electron chi connectivity index (χ3n) is 4.27. The molecule has 4 nitrogen and oxygen atoms in total. The molecule has 0 aromatic heterocycles. The molecule has 0 heterocycles. The van der Waals surface area contributed by atoms with Gasteiger partial charge in [-0.2, -0.15) is 5.26 Å². The summed E-state index contributed by atoms with van der Waals surface area (Å²) in [7, 11) is 0. The topological polar surface area (TPSA) is 62.1 Å². The summed E-state index contributed by atoms with van der Waals surface area (Å²) in [5, 5.41) is 13.5. The first-order valence-electron chi connectivity index (χ1n) is 9.22. The molecule has 3 rings (SSSR count). The fourth-order valence-corrected chi connectivity index (χ4v) is 3.49. The molecule has 3 aromatic carbocycles. The molecule has 7 heteroatoms. The molecule has 0 saturated heterocycles. The number of amides is 1. The van der Waals surface area contributed by atoms with Gasteiger partial charge < -0.3 is 10.1 Å². The van der Waals surface area contributed by atoms with Crippen molar-refractivity contribution >= 4 is 52.5 Å². The van der Waals surface area contributed by atoms with Crippen molar-refractivity contribution in [2.45, 2.75) is 13.5 Å². The minimum absolute atomic E-state index is 0.115. The molecule has 1 N–H and O–H groups in total. The van der Waals surface area contributed by atoms with Crippen LogP contribution in [-0.4, -0.2) is 5.91 Å². The van der Waals surface area contributed by atoms with E-state index in [1.807, 2.05) is 43.3 Å². The van der Waals surface area contributed by atoms with Gasteiger partial charge in [-0.1, -0.05) is 59.1 Å². The van der Waals surface area contributed by atoms with Crippen LogP contribution in [0.4, 0.5) is 5.69 Å². The van der Waals surface area contributed by atoms with Crippen molar-refractivity contribution < 1.29 is 9.53 Å². The lowest BCUT2D eigenvalue weighted by Gasteiger charge is -2.13. The second kappa shape index (κ2) is 10.4. The average Bonchev–Trinajstić information content (AvgIpc) is 2.72. The Labute approximate surface area is 195 Å². The number of anilines is 1. The maximum Gasteiger partial charge on any atom is 0.266 e. The van der Waals surface area contributed by atoms with E-state index in [1.54, 1.807) is 24.3 Å². The van der Waals surface area contributed by atoms with Crippen molar-refractivity contribution in [3.05, 3.63) is 98.0 Å². The molecule has 31 heavy (non-hydrogen) atoms. The van der Waals surface area contributed by atoms with Gasteiger partial charge in [0.25, 0.3) is 5.91 Å². The van der Waals surface area contributed by atoms with E-state index in [1.165, 1.54) is 12.1 Å². The molecule has 0 spiro atoms. The number of hydrogen-bond donors (Lipinski definition) is 1. The first kappa shape index (κ1) is 22.7. The van der Waals surface area contributed by atoms with Crippen molar-refractivity contribution in [1.82, 2.24) is 0 Å². The van der Waals surface area contributed by atoms with Crippen LogP contribution in [0.25, 0.3) is 6.08 Å². The van der Waals surface area contributed by atoms with E-state index >= 15 is 0 Å². The summed E-state index contributed by atoms with van der Waals surface area (Å²) in [6.07, 6.45) is 1.40. The minimum atomic E-state index is -0.548. The standard InChI is InChI=1S/C24H17Cl3N2O2/c1-15-3-2-4-21(9-15)29-24(30)18(13-28)10-17-11-20(26)12-22(27)23(17)31-14-16-5-7-19(25)8-6-16/h2-12H,14H2,1H3,(H,29,30)/b18-10+. The molecule has 0 unspecified atom stereocenters. The number of halogens is 3. The summed E-state index contributed by atoms with van der Waals surface area (Å²) in [4.78, 5) is 12.6. The molecule has 0 saturated carbocycles. The van der Waals surface area contributed by atoms with Gasteiger partial charge in [0.2, 0.25) is 0 Å². The van der Waals surface area contributed by atoms with Gasteiger partial charge in [-0.05, 0) is 60.5 Å². The number of carbonyl (C=O) groups excluding carboxylic acids is 1. The van der Waals surface area contributed by atoms with E-state index < -0.39 is 5.91 Å². The van der Waals surface area contributed by atoms with Crippen molar-refractivity contribution in [2.75, 3.05) is 5.32 Å². The number of benzene rings is 3. The molecule has 0 atom stereocenters. The molecule has 0 aliphatic heterocycles. The molecule has 0 fully saturated rings. The van der Waals surface area contributed by atoms with Crippen LogP contribution in [0.5, 0.6) is 5.75 Å². The van der Waals surface area contributed by atoms with Gasteiger partial charge in [0, 0.05) is 21.3 Å². The molecule has 0 radical (unpaired) electrons. The lowest BCUT2D eigenvalue weighted by molar-refractivity contribution is -0.112. The Morgan fingerprint density at radius 3 is 2.48 bits per heavy atom. The van der Waals surface area contributed by atoms with Gasteiger partial charge in [-0.25, -0.2) is 0 Å². The number of nitrogens with one attached hydrogen (secondary N) is 1.